The number of hydrogen-bond acceptors (Lipinski definition) is 4. The van der Waals surface area contributed by atoms with E-state index in [0.29, 0.717) is 11.5 Å². The van der Waals surface area contributed by atoms with Gasteiger partial charge in [0, 0.05) is 3.57 Å². The van der Waals surface area contributed by atoms with E-state index in [9.17, 15) is 9.90 Å². The van der Waals surface area contributed by atoms with Crippen molar-refractivity contribution in [3.05, 3.63) is 49.1 Å². The third kappa shape index (κ3) is 5.58. The Labute approximate surface area is 202 Å². The molecule has 2 aromatic carbocycles. The average Bonchev–Trinajstić information content (AvgIpc) is 2.52. The molecule has 0 radical (unpaired) electrons. The zero-order chi connectivity index (χ0) is 17.1. The fraction of sp³-hybridized carbons (Fsp3) is 0.133. The van der Waals surface area contributed by atoms with E-state index < -0.39 is 12.0 Å². The predicted molar refractivity (Wildman–Crippen MR) is 110 cm³/mol. The van der Waals surface area contributed by atoms with Gasteiger partial charge in [-0.15, -0.1) is 5.75 Å². The molecule has 0 amide bonds. The first kappa shape index (κ1) is 22.7. The van der Waals surface area contributed by atoms with Gasteiger partial charge in [0.05, 0.1) is 7.49 Å². The summed E-state index contributed by atoms with van der Waals surface area (Å²) in [6, 6.07) is 8.73. The van der Waals surface area contributed by atoms with E-state index in [1.165, 1.54) is 12.1 Å². The van der Waals surface area contributed by atoms with Crippen LogP contribution in [0.2, 0.25) is 0 Å². The Bertz CT molecular complexity index is 727. The molecule has 0 saturated carbocycles. The minimum absolute atomic E-state index is 0. The molecule has 0 unspecified atom stereocenters. The quantitative estimate of drug-likeness (QED) is 0.277. The zero-order valence-electron chi connectivity index (χ0n) is 12.5. The molecule has 0 spiro atoms. The van der Waals surface area contributed by atoms with Crippen molar-refractivity contribution in [2.24, 2.45) is 5.73 Å². The minimum Gasteiger partial charge on any atom is -0.872 e. The first-order valence-electron chi connectivity index (χ1n) is 6.36. The van der Waals surface area contributed by atoms with Crippen molar-refractivity contribution in [3.63, 3.8) is 0 Å². The van der Waals surface area contributed by atoms with E-state index in [1.807, 2.05) is 28.7 Å². The molecule has 9 heteroatoms. The molecule has 24 heavy (non-hydrogen) atoms. The number of carbonyl (C=O) groups is 1. The standard InChI is InChI=1S/C15H12I3NO4.Na/c16-11-9(12(17)14(19)15(21)22)5-6-10(13(11)18)23-8-3-1-7(20)2-4-8;/h1-6,12,14,20H,19H2,(H,21,22);/q;+1/p-1/t12-,14+;/m0./s1. The van der Waals surface area contributed by atoms with Crippen LogP contribution in [0.4, 0.5) is 0 Å². The molecule has 3 N–H and O–H groups in total. The fourth-order valence-corrected chi connectivity index (χ4v) is 4.60. The van der Waals surface area contributed by atoms with Crippen molar-refractivity contribution in [1.82, 2.24) is 0 Å². The normalized spacial score (nSPS) is 12.8. The number of rotatable bonds is 5. The van der Waals surface area contributed by atoms with Crippen molar-refractivity contribution in [3.8, 4) is 17.2 Å². The monoisotopic (exact) mass is 673 g/mol. The van der Waals surface area contributed by atoms with Crippen molar-refractivity contribution in [2.75, 3.05) is 0 Å². The topological polar surface area (TPSA) is 95.6 Å². The zero-order valence-corrected chi connectivity index (χ0v) is 21.0. The summed E-state index contributed by atoms with van der Waals surface area (Å²) in [5.41, 5.74) is 6.57. The Morgan fingerprint density at radius 1 is 1.12 bits per heavy atom. The maximum Gasteiger partial charge on any atom is 1.00 e. The number of carboxylic acids is 1. The molecular weight excluding hydrogens is 662 g/mol. The van der Waals surface area contributed by atoms with Crippen LogP contribution in [0.3, 0.4) is 0 Å². The van der Waals surface area contributed by atoms with Gasteiger partial charge in [0.1, 0.15) is 17.5 Å². The van der Waals surface area contributed by atoms with Crippen molar-refractivity contribution in [1.29, 1.82) is 0 Å². The summed E-state index contributed by atoms with van der Waals surface area (Å²) in [5.74, 6) is 0.102. The molecule has 0 fully saturated rings. The number of alkyl halides is 1. The molecule has 122 valence electrons. The molecule has 0 saturated heterocycles. The number of aliphatic carboxylic acids is 1. The van der Waals surface area contributed by atoms with Gasteiger partial charge < -0.3 is 20.7 Å². The molecule has 2 atom stereocenters. The van der Waals surface area contributed by atoms with Crippen molar-refractivity contribution in [2.45, 2.75) is 9.97 Å². The third-order valence-corrected chi connectivity index (χ3v) is 7.74. The van der Waals surface area contributed by atoms with Gasteiger partial charge in [-0.25, -0.2) is 0 Å². The van der Waals surface area contributed by atoms with Crippen LogP contribution in [0, 0.1) is 7.14 Å². The molecule has 0 aliphatic carbocycles. The predicted octanol–water partition coefficient (Wildman–Crippen LogP) is 0.654. The number of carboxylic acid groups (broad SMARTS) is 1. The van der Waals surface area contributed by atoms with Crippen LogP contribution < -0.4 is 45.1 Å². The summed E-state index contributed by atoms with van der Waals surface area (Å²) in [5, 5.41) is 20.2. The van der Waals surface area contributed by atoms with Crippen molar-refractivity contribution < 1.29 is 49.3 Å². The summed E-state index contributed by atoms with van der Waals surface area (Å²) < 4.78 is 7.21. The largest absolute Gasteiger partial charge is 1.00 e. The molecule has 0 aliphatic rings. The van der Waals surface area contributed by atoms with Crippen LogP contribution in [-0.2, 0) is 4.79 Å². The van der Waals surface area contributed by atoms with Crippen LogP contribution in [0.5, 0.6) is 17.2 Å². The molecule has 0 aliphatic heterocycles. The van der Waals surface area contributed by atoms with Crippen LogP contribution in [0.1, 0.15) is 9.49 Å². The molecule has 0 aromatic heterocycles. The Balaban J connectivity index is 0.00000288. The molecule has 5 nitrogen and oxygen atoms in total. The van der Waals surface area contributed by atoms with Gasteiger partial charge in [0.15, 0.2) is 0 Å². The summed E-state index contributed by atoms with van der Waals surface area (Å²) in [7, 11) is 0. The fourth-order valence-electron chi connectivity index (χ4n) is 1.79. The Hall–Kier alpha value is 0.660. The second-order valence-electron chi connectivity index (χ2n) is 4.62. The first-order valence-corrected chi connectivity index (χ1v) is 9.77. The summed E-state index contributed by atoms with van der Waals surface area (Å²) in [4.78, 5) is 11.1. The Morgan fingerprint density at radius 2 is 1.71 bits per heavy atom. The van der Waals surface area contributed by atoms with Gasteiger partial charge in [-0.05, 0) is 68.9 Å². The molecule has 2 rings (SSSR count). The summed E-state index contributed by atoms with van der Waals surface area (Å²) in [6.45, 7) is 0. The number of hydrogen-bond donors (Lipinski definition) is 2. The first-order chi connectivity index (χ1) is 10.8. The smallest absolute Gasteiger partial charge is 0.872 e. The number of halogens is 3. The van der Waals surface area contributed by atoms with Gasteiger partial charge in [0.25, 0.3) is 0 Å². The van der Waals surface area contributed by atoms with Crippen LogP contribution >= 0.6 is 67.8 Å². The summed E-state index contributed by atoms with van der Waals surface area (Å²) >= 11 is 6.35. The number of nitrogens with two attached hydrogens (primary N) is 1. The van der Waals surface area contributed by atoms with Gasteiger partial charge in [-0.2, -0.15) is 0 Å². The van der Waals surface area contributed by atoms with Crippen molar-refractivity contribution >= 4 is 73.7 Å². The second-order valence-corrected chi connectivity index (χ2v) is 8.12. The van der Waals surface area contributed by atoms with E-state index in [2.05, 4.69) is 45.2 Å². The van der Waals surface area contributed by atoms with Gasteiger partial charge in [-0.3, -0.25) is 4.79 Å². The average molecular weight is 673 g/mol. The van der Waals surface area contributed by atoms with Gasteiger partial charge in [-0.1, -0.05) is 40.8 Å². The van der Waals surface area contributed by atoms with E-state index >= 15 is 0 Å². The van der Waals surface area contributed by atoms with E-state index in [0.717, 1.165) is 12.7 Å². The molecule has 2 aromatic rings. The van der Waals surface area contributed by atoms with E-state index in [4.69, 9.17) is 15.6 Å². The van der Waals surface area contributed by atoms with Crippen LogP contribution in [0.25, 0.3) is 0 Å². The molecular formula is C15H11I3NNaO4. The maximum atomic E-state index is 11.1. The molecule has 0 heterocycles. The van der Waals surface area contributed by atoms with E-state index in [1.54, 1.807) is 18.2 Å². The van der Waals surface area contributed by atoms with Gasteiger partial charge >= 0.3 is 35.5 Å². The molecule has 0 bridgehead atoms. The van der Waals surface area contributed by atoms with E-state index in [-0.39, 0.29) is 39.2 Å². The summed E-state index contributed by atoms with van der Waals surface area (Å²) in [6.07, 6.45) is 0. The number of ether oxygens (including phenoxy) is 1. The Morgan fingerprint density at radius 3 is 2.25 bits per heavy atom. The minimum atomic E-state index is -1.03. The maximum absolute atomic E-state index is 11.1. The van der Waals surface area contributed by atoms with Gasteiger partial charge in [0.2, 0.25) is 0 Å². The van der Waals surface area contributed by atoms with Crippen LogP contribution in [-0.4, -0.2) is 17.1 Å². The van der Waals surface area contributed by atoms with Crippen LogP contribution in [0.15, 0.2) is 36.4 Å². The third-order valence-electron chi connectivity index (χ3n) is 3.03. The Kier molecular flexibility index (Phi) is 9.57. The second kappa shape index (κ2) is 10.1. The number of benzene rings is 2. The SMILES string of the molecule is N[C@@H](C(=O)O)[C@@H](I)c1ccc(Oc2ccc([O-])cc2)c(I)c1I.[Na+].